The monoisotopic (exact) mass is 536 g/mol. The fraction of sp³-hybridized carbons (Fsp3) is 1.00. The zero-order valence-corrected chi connectivity index (χ0v) is 21.4. The van der Waals surface area contributed by atoms with Gasteiger partial charge < -0.3 is 39.9 Å². The van der Waals surface area contributed by atoms with E-state index >= 15 is 0 Å². The van der Waals surface area contributed by atoms with Crippen LogP contribution >= 0.6 is 7.60 Å². The summed E-state index contributed by atoms with van der Waals surface area (Å²) in [6.07, 6.45) is -8.16. The number of alkyl halides is 2. The van der Waals surface area contributed by atoms with E-state index < -0.39 is 62.4 Å². The van der Waals surface area contributed by atoms with Gasteiger partial charge in [-0.2, -0.15) is 8.78 Å². The quantitative estimate of drug-likeness (QED) is 0.113. The molecular weight excluding hydrogens is 493 g/mol. The molecule has 10 nitrogen and oxygen atoms in total. The van der Waals surface area contributed by atoms with Crippen LogP contribution in [0.25, 0.3) is 0 Å². The van der Waals surface area contributed by atoms with Crippen LogP contribution in [0.5, 0.6) is 0 Å². The Labute approximate surface area is 205 Å². The third kappa shape index (κ3) is 10.2. The normalized spacial score (nSPS) is 30.2. The molecule has 3 unspecified atom stereocenters. The molecule has 0 radical (unpaired) electrons. The van der Waals surface area contributed by atoms with Crippen molar-refractivity contribution in [1.29, 1.82) is 0 Å². The van der Waals surface area contributed by atoms with Gasteiger partial charge in [0.25, 0.3) is 0 Å². The van der Waals surface area contributed by atoms with Gasteiger partial charge in [0.2, 0.25) is 0 Å². The second kappa shape index (κ2) is 15.9. The lowest BCUT2D eigenvalue weighted by molar-refractivity contribution is -0.219. The van der Waals surface area contributed by atoms with Gasteiger partial charge in [-0.25, -0.2) is 0 Å². The summed E-state index contributed by atoms with van der Waals surface area (Å²) in [5, 5.41) is 49.0. The second-order valence-electron chi connectivity index (χ2n) is 9.10. The molecule has 0 spiro atoms. The van der Waals surface area contributed by atoms with E-state index in [0.717, 1.165) is 44.9 Å². The summed E-state index contributed by atoms with van der Waals surface area (Å²) in [4.78, 5) is 10.1. The molecule has 210 valence electrons. The van der Waals surface area contributed by atoms with Gasteiger partial charge in [0.15, 0.2) is 0 Å². The highest BCUT2D eigenvalue weighted by Crippen LogP contribution is 2.61. The summed E-state index contributed by atoms with van der Waals surface area (Å²) in [5.41, 5.74) is -4.36. The van der Waals surface area contributed by atoms with E-state index in [1.54, 1.807) is 0 Å². The molecule has 0 saturated heterocycles. The van der Waals surface area contributed by atoms with Crippen LogP contribution < -0.4 is 0 Å². The lowest BCUT2D eigenvalue weighted by Gasteiger charge is -2.42. The Bertz CT molecular complexity index is 613. The van der Waals surface area contributed by atoms with Crippen molar-refractivity contribution < 1.29 is 57.8 Å². The Morgan fingerprint density at radius 2 is 1.29 bits per heavy atom. The van der Waals surface area contributed by atoms with E-state index in [2.05, 4.69) is 11.4 Å². The summed E-state index contributed by atoms with van der Waals surface area (Å²) < 4.78 is 57.9. The molecule has 0 heterocycles. The highest BCUT2D eigenvalue weighted by atomic mass is 31.2. The van der Waals surface area contributed by atoms with Gasteiger partial charge in [-0.1, -0.05) is 52.4 Å². The predicted octanol–water partition coefficient (Wildman–Crippen LogP) is 1.92. The molecule has 0 aromatic rings. The molecule has 1 aliphatic rings. The van der Waals surface area contributed by atoms with Crippen LogP contribution in [0.4, 0.5) is 8.78 Å². The van der Waals surface area contributed by atoms with Crippen LogP contribution in [-0.4, -0.2) is 98.6 Å². The van der Waals surface area contributed by atoms with Crippen molar-refractivity contribution >= 4 is 7.60 Å². The molecule has 1 fully saturated rings. The minimum absolute atomic E-state index is 0.160. The highest BCUT2D eigenvalue weighted by molar-refractivity contribution is 7.54. The van der Waals surface area contributed by atoms with Crippen molar-refractivity contribution in [1.82, 2.24) is 0 Å². The van der Waals surface area contributed by atoms with E-state index in [9.17, 15) is 43.8 Å². The largest absolute Gasteiger partial charge is 0.397 e. The Hall–Kier alpha value is -0.270. The molecule has 0 amide bonds. The minimum Gasteiger partial charge on any atom is -0.387 e. The zero-order valence-electron chi connectivity index (χ0n) is 20.5. The van der Waals surface area contributed by atoms with Crippen LogP contribution in [0, 0.1) is 0 Å². The first-order chi connectivity index (χ1) is 16.4. The molecule has 13 heteroatoms. The molecule has 6 N–H and O–H groups in total. The lowest BCUT2D eigenvalue weighted by Crippen LogP contribution is -2.64. The Kier molecular flexibility index (Phi) is 14.8. The minimum atomic E-state index is -5.86. The first kappa shape index (κ1) is 32.8. The van der Waals surface area contributed by atoms with Crippen LogP contribution in [0.15, 0.2) is 0 Å². The molecule has 1 aliphatic carbocycles. The third-order valence-corrected chi connectivity index (χ3v) is 7.56. The fourth-order valence-corrected chi connectivity index (χ4v) is 4.91. The van der Waals surface area contributed by atoms with Gasteiger partial charge in [0.1, 0.15) is 36.6 Å². The van der Waals surface area contributed by atoms with E-state index in [4.69, 9.17) is 9.47 Å². The molecule has 0 aromatic heterocycles. The van der Waals surface area contributed by atoms with Crippen molar-refractivity contribution in [2.75, 3.05) is 19.8 Å². The number of ether oxygens (including phenoxy) is 2. The number of rotatable bonds is 18. The van der Waals surface area contributed by atoms with Gasteiger partial charge in [0.05, 0.1) is 19.1 Å². The van der Waals surface area contributed by atoms with Crippen molar-refractivity contribution in [3.05, 3.63) is 0 Å². The first-order valence-electron chi connectivity index (χ1n) is 12.4. The van der Waals surface area contributed by atoms with Gasteiger partial charge in [-0.15, -0.1) is 0 Å². The smallest absolute Gasteiger partial charge is 0.387 e. The highest BCUT2D eigenvalue weighted by Gasteiger charge is 2.58. The lowest BCUT2D eigenvalue weighted by atomic mass is 9.85. The SMILES string of the molecule is CCCCCCOC[C@@H](CC(F)(F)P(=O)(O)OC1[C@H](O)[C@H](O)C(O)[C@H](O)[C@H]1O)OCCCCCC. The third-order valence-electron chi connectivity index (χ3n) is 6.02. The maximum atomic E-state index is 14.9. The molecule has 8 atom stereocenters. The fourth-order valence-electron chi connectivity index (χ4n) is 3.74. The van der Waals surface area contributed by atoms with Crippen LogP contribution in [0.1, 0.15) is 71.6 Å². The topological polar surface area (TPSA) is 166 Å². The second-order valence-corrected chi connectivity index (χ2v) is 11.0. The first-order valence-corrected chi connectivity index (χ1v) is 14.0. The summed E-state index contributed by atoms with van der Waals surface area (Å²) in [7, 11) is -5.86. The molecule has 35 heavy (non-hydrogen) atoms. The van der Waals surface area contributed by atoms with Gasteiger partial charge >= 0.3 is 13.3 Å². The summed E-state index contributed by atoms with van der Waals surface area (Å²) in [6, 6.07) is 0. The Balaban J connectivity index is 2.82. The van der Waals surface area contributed by atoms with Gasteiger partial charge in [0, 0.05) is 13.2 Å². The summed E-state index contributed by atoms with van der Waals surface area (Å²) >= 11 is 0. The van der Waals surface area contributed by atoms with Crippen LogP contribution in [0.3, 0.4) is 0 Å². The Morgan fingerprint density at radius 3 is 1.80 bits per heavy atom. The molecule has 0 aliphatic heterocycles. The van der Waals surface area contributed by atoms with Crippen molar-refractivity contribution in [2.45, 2.75) is 120 Å². The number of unbranched alkanes of at least 4 members (excludes halogenated alkanes) is 6. The number of aliphatic hydroxyl groups is 5. The van der Waals surface area contributed by atoms with E-state index in [-0.39, 0.29) is 13.2 Å². The maximum absolute atomic E-state index is 14.9. The average molecular weight is 537 g/mol. The van der Waals surface area contributed by atoms with Crippen LogP contribution in [0.2, 0.25) is 0 Å². The summed E-state index contributed by atoms with van der Waals surface area (Å²) in [5.74, 6) is 0. The van der Waals surface area contributed by atoms with Gasteiger partial charge in [-0.05, 0) is 12.8 Å². The van der Waals surface area contributed by atoms with E-state index in [1.807, 2.05) is 6.92 Å². The van der Waals surface area contributed by atoms with Crippen molar-refractivity contribution in [2.24, 2.45) is 0 Å². The van der Waals surface area contributed by atoms with Crippen molar-refractivity contribution in [3.63, 3.8) is 0 Å². The maximum Gasteiger partial charge on any atom is 0.397 e. The van der Waals surface area contributed by atoms with Crippen LogP contribution in [-0.2, 0) is 18.6 Å². The van der Waals surface area contributed by atoms with E-state index in [1.165, 1.54) is 0 Å². The molecule has 1 saturated carbocycles. The standard InChI is InChI=1S/C22H43F2O10P/c1-3-5-7-9-11-32-14-15(33-12-10-8-6-4-2)13-22(23,24)35(30,31)34-21-19(28)17(26)16(25)18(27)20(21)29/h15-21,25-29H,3-14H2,1-2H3,(H,30,31)/t15-,16?,17-,18+,19-,20-,21?/m1/s1. The molecular formula is C22H43F2O10P. The molecule has 1 rings (SSSR count). The van der Waals surface area contributed by atoms with E-state index in [0.29, 0.717) is 13.0 Å². The number of hydrogen-bond donors (Lipinski definition) is 6. The molecule has 0 aromatic carbocycles. The van der Waals surface area contributed by atoms with Gasteiger partial charge in [-0.3, -0.25) is 9.09 Å². The number of hydrogen-bond acceptors (Lipinski definition) is 9. The number of aliphatic hydroxyl groups excluding tert-OH is 5. The van der Waals surface area contributed by atoms with Crippen molar-refractivity contribution in [3.8, 4) is 0 Å². The average Bonchev–Trinajstić information content (AvgIpc) is 2.80. The zero-order chi connectivity index (χ0) is 26.6. The Morgan fingerprint density at radius 1 is 0.800 bits per heavy atom. The molecule has 0 bridgehead atoms. The summed E-state index contributed by atoms with van der Waals surface area (Å²) in [6.45, 7) is 4.33. The predicted molar refractivity (Wildman–Crippen MR) is 123 cm³/mol. The number of halogens is 2.